The number of carbonyl (C=O) groups is 1. The number of benzene rings is 1. The number of hydrogen-bond acceptors (Lipinski definition) is 3. The van der Waals surface area contributed by atoms with Crippen molar-refractivity contribution in [2.75, 3.05) is 26.8 Å². The van der Waals surface area contributed by atoms with Crippen LogP contribution >= 0.6 is 0 Å². The smallest absolute Gasteiger partial charge is 0.164 e. The Labute approximate surface area is 109 Å². The van der Waals surface area contributed by atoms with Gasteiger partial charge in [0.25, 0.3) is 0 Å². The van der Waals surface area contributed by atoms with Crippen molar-refractivity contribution in [1.29, 1.82) is 0 Å². The molecule has 0 aromatic heterocycles. The molecule has 2 rings (SSSR count). The van der Waals surface area contributed by atoms with Crippen molar-refractivity contribution < 1.29 is 9.53 Å². The highest BCUT2D eigenvalue weighted by Gasteiger charge is 2.28. The molecule has 0 amide bonds. The minimum atomic E-state index is 0.235. The Morgan fingerprint density at radius 3 is 2.61 bits per heavy atom. The first-order valence-electron chi connectivity index (χ1n) is 6.62. The normalized spacial score (nSPS) is 15.0. The molecule has 0 bridgehead atoms. The summed E-state index contributed by atoms with van der Waals surface area (Å²) in [5, 5.41) is 0. The van der Waals surface area contributed by atoms with E-state index in [-0.39, 0.29) is 5.78 Å². The Bertz CT molecular complexity index is 373. The van der Waals surface area contributed by atoms with Crippen LogP contribution in [0.2, 0.25) is 0 Å². The van der Waals surface area contributed by atoms with Gasteiger partial charge in [-0.05, 0) is 12.8 Å². The molecule has 0 heterocycles. The lowest BCUT2D eigenvalue weighted by Gasteiger charge is -2.20. The number of Topliss-reactive ketones (excluding diaryl/α,β-unsaturated/α-hetero) is 1. The highest BCUT2D eigenvalue weighted by atomic mass is 16.5. The van der Waals surface area contributed by atoms with E-state index in [2.05, 4.69) is 4.90 Å². The Kier molecular flexibility index (Phi) is 4.90. The number of ketones is 1. The van der Waals surface area contributed by atoms with E-state index in [0.717, 1.165) is 25.3 Å². The minimum Gasteiger partial charge on any atom is -0.383 e. The molecule has 18 heavy (non-hydrogen) atoms. The van der Waals surface area contributed by atoms with Crippen molar-refractivity contribution >= 4 is 5.78 Å². The van der Waals surface area contributed by atoms with Gasteiger partial charge in [0, 0.05) is 38.2 Å². The van der Waals surface area contributed by atoms with Crippen molar-refractivity contribution in [3.63, 3.8) is 0 Å². The molecular weight excluding hydrogens is 226 g/mol. The third-order valence-electron chi connectivity index (χ3n) is 3.37. The Morgan fingerprint density at radius 2 is 2.00 bits per heavy atom. The number of carbonyl (C=O) groups excluding carboxylic acids is 1. The van der Waals surface area contributed by atoms with Gasteiger partial charge in [-0.1, -0.05) is 30.3 Å². The number of ether oxygens (including phenoxy) is 1. The molecule has 1 saturated carbocycles. The predicted molar refractivity (Wildman–Crippen MR) is 71.9 cm³/mol. The summed E-state index contributed by atoms with van der Waals surface area (Å²) in [7, 11) is 1.72. The molecule has 3 nitrogen and oxygen atoms in total. The fraction of sp³-hybridized carbons (Fsp3) is 0.533. The molecule has 0 N–H and O–H groups in total. The zero-order valence-electron chi connectivity index (χ0n) is 11.0. The number of nitrogens with zero attached hydrogens (tertiary/aromatic N) is 1. The second-order valence-corrected chi connectivity index (χ2v) is 4.80. The molecule has 0 atom stereocenters. The van der Waals surface area contributed by atoms with Gasteiger partial charge in [-0.3, -0.25) is 9.69 Å². The predicted octanol–water partition coefficient (Wildman–Crippen LogP) is 2.37. The molecule has 0 unspecified atom stereocenters. The maximum absolute atomic E-state index is 12.0. The zero-order chi connectivity index (χ0) is 12.8. The van der Waals surface area contributed by atoms with Gasteiger partial charge >= 0.3 is 0 Å². The molecular formula is C15H21NO2. The van der Waals surface area contributed by atoms with Crippen molar-refractivity contribution in [2.45, 2.75) is 25.3 Å². The lowest BCUT2D eigenvalue weighted by Crippen LogP contribution is -2.31. The quantitative estimate of drug-likeness (QED) is 0.660. The molecule has 0 aliphatic heterocycles. The highest BCUT2D eigenvalue weighted by Crippen LogP contribution is 2.26. The Balaban J connectivity index is 1.80. The minimum absolute atomic E-state index is 0.235. The van der Waals surface area contributed by atoms with E-state index in [1.165, 1.54) is 12.8 Å². The molecule has 0 radical (unpaired) electrons. The van der Waals surface area contributed by atoms with Crippen LogP contribution in [-0.4, -0.2) is 43.5 Å². The summed E-state index contributed by atoms with van der Waals surface area (Å²) in [6.07, 6.45) is 3.14. The van der Waals surface area contributed by atoms with E-state index in [1.54, 1.807) is 7.11 Å². The maximum atomic E-state index is 12.0. The molecule has 3 heteroatoms. The molecule has 0 saturated heterocycles. The van der Waals surface area contributed by atoms with Crippen molar-refractivity contribution in [2.24, 2.45) is 0 Å². The first-order chi connectivity index (χ1) is 8.81. The van der Waals surface area contributed by atoms with Gasteiger partial charge in [0.1, 0.15) is 0 Å². The van der Waals surface area contributed by atoms with Crippen LogP contribution in [0.15, 0.2) is 30.3 Å². The zero-order valence-corrected chi connectivity index (χ0v) is 11.0. The molecule has 1 aliphatic carbocycles. The SMILES string of the molecule is COCCN(CCC(=O)c1ccccc1)C1CC1. The number of rotatable bonds is 8. The molecule has 0 spiro atoms. The van der Waals surface area contributed by atoms with E-state index >= 15 is 0 Å². The van der Waals surface area contributed by atoms with Crippen LogP contribution in [0, 0.1) is 0 Å². The summed E-state index contributed by atoms with van der Waals surface area (Å²) < 4.78 is 5.12. The first kappa shape index (κ1) is 13.2. The van der Waals surface area contributed by atoms with Crippen LogP contribution in [0.25, 0.3) is 0 Å². The van der Waals surface area contributed by atoms with Gasteiger partial charge < -0.3 is 4.74 Å². The van der Waals surface area contributed by atoms with Gasteiger partial charge in [0.15, 0.2) is 5.78 Å². The summed E-state index contributed by atoms with van der Waals surface area (Å²) in [5.74, 6) is 0.235. The van der Waals surface area contributed by atoms with Gasteiger partial charge in [0.2, 0.25) is 0 Å². The largest absolute Gasteiger partial charge is 0.383 e. The van der Waals surface area contributed by atoms with E-state index in [0.29, 0.717) is 12.5 Å². The first-order valence-corrected chi connectivity index (χ1v) is 6.62. The fourth-order valence-corrected chi connectivity index (χ4v) is 2.14. The van der Waals surface area contributed by atoms with Crippen LogP contribution in [0.1, 0.15) is 29.6 Å². The van der Waals surface area contributed by atoms with Gasteiger partial charge in [-0.2, -0.15) is 0 Å². The third kappa shape index (κ3) is 3.93. The second-order valence-electron chi connectivity index (χ2n) is 4.80. The molecule has 98 valence electrons. The van der Waals surface area contributed by atoms with Crippen LogP contribution in [-0.2, 0) is 4.74 Å². The van der Waals surface area contributed by atoms with E-state index in [9.17, 15) is 4.79 Å². The molecule has 1 aromatic rings. The highest BCUT2D eigenvalue weighted by molar-refractivity contribution is 5.96. The lowest BCUT2D eigenvalue weighted by molar-refractivity contribution is 0.0945. The Hall–Kier alpha value is -1.19. The van der Waals surface area contributed by atoms with Crippen LogP contribution in [0.3, 0.4) is 0 Å². The average Bonchev–Trinajstić information content (AvgIpc) is 3.24. The number of hydrogen-bond donors (Lipinski definition) is 0. The van der Waals surface area contributed by atoms with Gasteiger partial charge in [-0.15, -0.1) is 0 Å². The second kappa shape index (κ2) is 6.66. The van der Waals surface area contributed by atoms with E-state index in [1.807, 2.05) is 30.3 Å². The van der Waals surface area contributed by atoms with Crippen LogP contribution in [0.5, 0.6) is 0 Å². The van der Waals surface area contributed by atoms with Crippen LogP contribution < -0.4 is 0 Å². The van der Waals surface area contributed by atoms with Crippen molar-refractivity contribution in [3.05, 3.63) is 35.9 Å². The number of methoxy groups -OCH3 is 1. The van der Waals surface area contributed by atoms with Crippen LogP contribution in [0.4, 0.5) is 0 Å². The topological polar surface area (TPSA) is 29.5 Å². The molecule has 1 fully saturated rings. The van der Waals surface area contributed by atoms with Gasteiger partial charge in [-0.25, -0.2) is 0 Å². The summed E-state index contributed by atoms with van der Waals surface area (Å²) in [5.41, 5.74) is 0.819. The summed E-state index contributed by atoms with van der Waals surface area (Å²) in [6.45, 7) is 2.53. The van der Waals surface area contributed by atoms with E-state index in [4.69, 9.17) is 4.74 Å². The third-order valence-corrected chi connectivity index (χ3v) is 3.37. The van der Waals surface area contributed by atoms with Crippen molar-refractivity contribution in [1.82, 2.24) is 4.90 Å². The molecule has 1 aliphatic rings. The van der Waals surface area contributed by atoms with Gasteiger partial charge in [0.05, 0.1) is 6.61 Å². The monoisotopic (exact) mass is 247 g/mol. The standard InChI is InChI=1S/C15H21NO2/c1-18-12-11-16(14-7-8-14)10-9-15(17)13-5-3-2-4-6-13/h2-6,14H,7-12H2,1H3. The lowest BCUT2D eigenvalue weighted by atomic mass is 10.1. The fourth-order valence-electron chi connectivity index (χ4n) is 2.14. The Morgan fingerprint density at radius 1 is 1.28 bits per heavy atom. The summed E-state index contributed by atoms with van der Waals surface area (Å²) in [6, 6.07) is 10.2. The summed E-state index contributed by atoms with van der Waals surface area (Å²) >= 11 is 0. The maximum Gasteiger partial charge on any atom is 0.164 e. The average molecular weight is 247 g/mol. The molecule has 1 aromatic carbocycles. The summed E-state index contributed by atoms with van der Waals surface area (Å²) in [4.78, 5) is 14.4. The van der Waals surface area contributed by atoms with E-state index < -0.39 is 0 Å². The van der Waals surface area contributed by atoms with Crippen molar-refractivity contribution in [3.8, 4) is 0 Å².